The Hall–Kier alpha value is -2.76. The molecule has 0 aliphatic rings. The summed E-state index contributed by atoms with van der Waals surface area (Å²) in [5.41, 5.74) is 22.2. The zero-order valence-electron chi connectivity index (χ0n) is 47.7. The molecular formula is C54H104N8O15S. The van der Waals surface area contributed by atoms with Crippen molar-refractivity contribution in [2.24, 2.45) is 22.9 Å². The lowest BCUT2D eigenvalue weighted by Crippen LogP contribution is -2.39. The van der Waals surface area contributed by atoms with Gasteiger partial charge in [0.2, 0.25) is 5.91 Å². The predicted octanol–water partition coefficient (Wildman–Crippen LogP) is 0.605. The molecule has 0 aliphatic carbocycles. The maximum atomic E-state index is 13.2. The highest BCUT2D eigenvalue weighted by atomic mass is 32.2. The Morgan fingerprint density at radius 1 is 0.321 bits per heavy atom. The van der Waals surface area contributed by atoms with Gasteiger partial charge in [-0.2, -0.15) is 11.8 Å². The highest BCUT2D eigenvalue weighted by Gasteiger charge is 2.16. The molecule has 0 rings (SSSR count). The van der Waals surface area contributed by atoms with Gasteiger partial charge in [-0.15, -0.1) is 0 Å². The second-order valence-corrected chi connectivity index (χ2v) is 19.6. The van der Waals surface area contributed by atoms with E-state index in [1.807, 2.05) is 16.1 Å². The molecule has 78 heavy (non-hydrogen) atoms. The van der Waals surface area contributed by atoms with Crippen LogP contribution >= 0.6 is 11.8 Å². The third kappa shape index (κ3) is 52.6. The van der Waals surface area contributed by atoms with Gasteiger partial charge in [-0.1, -0.05) is 0 Å². The summed E-state index contributed by atoms with van der Waals surface area (Å²) >= 11 is 1.75. The summed E-state index contributed by atoms with van der Waals surface area (Å²) in [7, 11) is 0. The van der Waals surface area contributed by atoms with E-state index in [0.717, 1.165) is 12.2 Å². The number of nitrogens with zero attached hydrogens (tertiary/aromatic N) is 3. The van der Waals surface area contributed by atoms with E-state index in [-0.39, 0.29) is 66.5 Å². The molecule has 0 unspecified atom stereocenters. The Kier molecular flexibility index (Phi) is 55.4. The van der Waals surface area contributed by atoms with Crippen molar-refractivity contribution in [1.82, 2.24) is 20.0 Å². The van der Waals surface area contributed by atoms with Crippen molar-refractivity contribution in [2.45, 2.75) is 96.3 Å². The van der Waals surface area contributed by atoms with E-state index in [9.17, 15) is 33.6 Å². The van der Waals surface area contributed by atoms with E-state index >= 15 is 0 Å². The summed E-state index contributed by atoms with van der Waals surface area (Å²) in [5.74, 6) is 1.39. The monoisotopic (exact) mass is 1140 g/mol. The molecule has 9 N–H and O–H groups in total. The fourth-order valence-electron chi connectivity index (χ4n) is 7.45. The minimum atomic E-state index is -0.161. The zero-order chi connectivity index (χ0) is 57.4. The molecule has 23 nitrogen and oxygen atoms in total. The van der Waals surface area contributed by atoms with Gasteiger partial charge in [0.15, 0.2) is 0 Å². The summed E-state index contributed by atoms with van der Waals surface area (Å²) in [6, 6.07) is 0. The van der Waals surface area contributed by atoms with Crippen molar-refractivity contribution in [2.75, 3.05) is 209 Å². The maximum absolute atomic E-state index is 13.2. The first-order valence-corrected chi connectivity index (χ1v) is 29.8. The van der Waals surface area contributed by atoms with Gasteiger partial charge in [0.05, 0.1) is 106 Å². The molecule has 0 aromatic heterocycles. The maximum Gasteiger partial charge on any atom is 0.221 e. The molecule has 0 atom stereocenters. The first kappa shape index (κ1) is 75.2. The van der Waals surface area contributed by atoms with Crippen LogP contribution in [0, 0.1) is 0 Å². The molecule has 0 spiro atoms. The molecule has 0 aromatic carbocycles. The van der Waals surface area contributed by atoms with Crippen LogP contribution < -0.4 is 28.3 Å². The summed E-state index contributed by atoms with van der Waals surface area (Å²) < 4.78 is 44.6. The van der Waals surface area contributed by atoms with E-state index in [1.54, 1.807) is 11.8 Å². The highest BCUT2D eigenvalue weighted by Crippen LogP contribution is 2.07. The van der Waals surface area contributed by atoms with Crippen LogP contribution in [0.4, 0.5) is 0 Å². The van der Waals surface area contributed by atoms with Gasteiger partial charge >= 0.3 is 0 Å². The number of rotatable bonds is 64. The van der Waals surface area contributed by atoms with Crippen molar-refractivity contribution in [3.63, 3.8) is 0 Å². The molecule has 0 heterocycles. The SMILES string of the molecule is CSCCCC(=O)CCOCCOCCOCCOCCOCCOCCOCCOCCN(CCC(=O)CCCN(CCC(=O)CCN)CCC(=O)CCN)CCC(=O)NCCN(CCC(=O)CCN)CCC(=O)CCN. The molecule has 0 saturated carbocycles. The quantitative estimate of drug-likeness (QED) is 0.0521. The molecule has 0 fully saturated rings. The second-order valence-electron chi connectivity index (χ2n) is 18.6. The van der Waals surface area contributed by atoms with Crippen molar-refractivity contribution < 1.29 is 71.5 Å². The van der Waals surface area contributed by atoms with Crippen LogP contribution in [0.25, 0.3) is 0 Å². The lowest BCUT2D eigenvalue weighted by atomic mass is 10.1. The average Bonchev–Trinajstić information content (AvgIpc) is 3.41. The second kappa shape index (κ2) is 57.5. The lowest BCUT2D eigenvalue weighted by Gasteiger charge is -2.23. The fraction of sp³-hybridized carbons (Fsp3) is 0.870. The Morgan fingerprint density at radius 2 is 0.615 bits per heavy atom. The number of ether oxygens (including phenoxy) is 8. The van der Waals surface area contributed by atoms with Crippen molar-refractivity contribution >= 4 is 52.4 Å². The molecule has 0 radical (unpaired) electrons. The Bertz CT molecular complexity index is 1400. The van der Waals surface area contributed by atoms with E-state index < -0.39 is 0 Å². The molecular weight excluding hydrogens is 1030 g/mol. The van der Waals surface area contributed by atoms with Gasteiger partial charge in [0.25, 0.3) is 0 Å². The van der Waals surface area contributed by atoms with Crippen LogP contribution in [-0.4, -0.2) is 265 Å². The third-order valence-corrected chi connectivity index (χ3v) is 12.7. The predicted molar refractivity (Wildman–Crippen MR) is 303 cm³/mol. The molecule has 0 aromatic rings. The van der Waals surface area contributed by atoms with Crippen LogP contribution in [-0.2, 0) is 71.5 Å². The van der Waals surface area contributed by atoms with Crippen LogP contribution in [0.3, 0.4) is 0 Å². The standard InChI is InChI=1S/C54H104N8O15S/c1-78-47-3-5-49(64)16-31-70-33-35-72-37-39-74-41-43-76-45-46-77-44-42-75-40-38-73-36-34-71-32-30-62(27-10-48(63)4-2-22-60(23-11-50(65)6-17-55)24-12-51(66)7-18-56)28-15-54(69)59-21-29-61(25-13-52(67)8-19-57)26-14-53(68)9-20-58/h2-47,55-58H2,1H3,(H,59,69). The number of amides is 1. The number of Topliss-reactive ketones (excluding diaryl/α,β-unsaturated/α-hetero) is 6. The molecule has 0 bridgehead atoms. The largest absolute Gasteiger partial charge is 0.379 e. The van der Waals surface area contributed by atoms with Gasteiger partial charge in [-0.3, -0.25) is 33.6 Å². The Morgan fingerprint density at radius 3 is 0.987 bits per heavy atom. The molecule has 0 aliphatic heterocycles. The minimum absolute atomic E-state index is 0.0498. The number of hydrogen-bond donors (Lipinski definition) is 5. The number of hydrogen-bond acceptors (Lipinski definition) is 23. The third-order valence-electron chi connectivity index (χ3n) is 12.0. The number of nitrogens with one attached hydrogen (secondary N) is 1. The Labute approximate surface area is 470 Å². The summed E-state index contributed by atoms with van der Waals surface area (Å²) in [4.78, 5) is 92.7. The molecule has 0 saturated heterocycles. The van der Waals surface area contributed by atoms with E-state index in [2.05, 4.69) is 10.2 Å². The summed E-state index contributed by atoms with van der Waals surface area (Å²) in [5, 5.41) is 2.96. The van der Waals surface area contributed by atoms with Crippen molar-refractivity contribution in [3.8, 4) is 0 Å². The van der Waals surface area contributed by atoms with E-state index in [4.69, 9.17) is 60.8 Å². The van der Waals surface area contributed by atoms with Crippen molar-refractivity contribution in [1.29, 1.82) is 0 Å². The topological polar surface area (TPSA) is 319 Å². The van der Waals surface area contributed by atoms with Crippen molar-refractivity contribution in [3.05, 3.63) is 0 Å². The van der Waals surface area contributed by atoms with Gasteiger partial charge in [-0.25, -0.2) is 0 Å². The number of carbonyl (C=O) groups excluding carboxylic acids is 7. The molecule has 456 valence electrons. The fourth-order valence-corrected chi connectivity index (χ4v) is 7.88. The lowest BCUT2D eigenvalue weighted by molar-refractivity contribution is -0.122. The number of nitrogens with two attached hydrogens (primary N) is 4. The minimum Gasteiger partial charge on any atom is -0.379 e. The first-order chi connectivity index (χ1) is 38.0. The number of thioether (sulfide) groups is 1. The van der Waals surface area contributed by atoms with Crippen LogP contribution in [0.5, 0.6) is 0 Å². The van der Waals surface area contributed by atoms with E-state index in [1.165, 1.54) is 0 Å². The van der Waals surface area contributed by atoms with Gasteiger partial charge in [-0.05, 0) is 57.6 Å². The number of ketones is 6. The van der Waals surface area contributed by atoms with Gasteiger partial charge < -0.3 is 80.8 Å². The Balaban J connectivity index is 4.63. The number of carbonyl (C=O) groups is 7. The van der Waals surface area contributed by atoms with Gasteiger partial charge in [0, 0.05) is 142 Å². The van der Waals surface area contributed by atoms with Crippen LogP contribution in [0.15, 0.2) is 0 Å². The van der Waals surface area contributed by atoms with Crippen LogP contribution in [0.1, 0.15) is 96.3 Å². The average molecular weight is 1140 g/mol. The first-order valence-electron chi connectivity index (χ1n) is 28.4. The summed E-state index contributed by atoms with van der Waals surface area (Å²) in [6.45, 7) is 12.5. The summed E-state index contributed by atoms with van der Waals surface area (Å²) in [6.07, 6.45) is 7.91. The highest BCUT2D eigenvalue weighted by molar-refractivity contribution is 7.98. The molecule has 24 heteroatoms. The zero-order valence-corrected chi connectivity index (χ0v) is 48.5. The molecule has 1 amide bonds. The van der Waals surface area contributed by atoms with Crippen LogP contribution in [0.2, 0.25) is 0 Å². The van der Waals surface area contributed by atoms with Gasteiger partial charge in [0.1, 0.15) is 34.7 Å². The normalized spacial score (nSPS) is 11.6. The smallest absolute Gasteiger partial charge is 0.221 e. The van der Waals surface area contributed by atoms with E-state index in [0.29, 0.717) is 261 Å².